The summed E-state index contributed by atoms with van der Waals surface area (Å²) in [5.41, 5.74) is 0. The van der Waals surface area contributed by atoms with Gasteiger partial charge in [-0.25, -0.2) is 17.9 Å². The monoisotopic (exact) mass is 328 g/mol. The molecule has 2 rings (SSSR count). The SMILES string of the molecule is CNCCNS(=O)(=O)c1c(C(=O)OC)sc2ccccc12. The molecule has 6 nitrogen and oxygen atoms in total. The Morgan fingerprint density at radius 2 is 2.00 bits per heavy atom. The highest BCUT2D eigenvalue weighted by Gasteiger charge is 2.28. The smallest absolute Gasteiger partial charge is 0.349 e. The van der Waals surface area contributed by atoms with E-state index in [9.17, 15) is 13.2 Å². The van der Waals surface area contributed by atoms with Crippen molar-refractivity contribution >= 4 is 37.4 Å². The number of ether oxygens (including phenoxy) is 1. The first-order chi connectivity index (χ1) is 10.0. The molecule has 2 aromatic rings. The number of likely N-dealkylation sites (N-methyl/N-ethyl adjacent to an activating group) is 1. The number of nitrogens with one attached hydrogen (secondary N) is 2. The number of hydrogen-bond donors (Lipinski definition) is 2. The van der Waals surface area contributed by atoms with E-state index in [1.807, 2.05) is 0 Å². The van der Waals surface area contributed by atoms with E-state index >= 15 is 0 Å². The predicted molar refractivity (Wildman–Crippen MR) is 82.3 cm³/mol. The molecule has 0 aliphatic rings. The molecule has 21 heavy (non-hydrogen) atoms. The lowest BCUT2D eigenvalue weighted by Crippen LogP contribution is -2.31. The summed E-state index contributed by atoms with van der Waals surface area (Å²) < 4.78 is 32.9. The van der Waals surface area contributed by atoms with E-state index in [0.29, 0.717) is 11.9 Å². The standard InChI is InChI=1S/C13H16N2O4S2/c1-14-7-8-15-21(17,18)12-9-5-3-4-6-10(9)20-11(12)13(16)19-2/h3-6,14-15H,7-8H2,1-2H3. The van der Waals surface area contributed by atoms with Crippen LogP contribution in [0.5, 0.6) is 0 Å². The maximum Gasteiger partial charge on any atom is 0.349 e. The number of sulfonamides is 1. The highest BCUT2D eigenvalue weighted by Crippen LogP contribution is 2.34. The van der Waals surface area contributed by atoms with Gasteiger partial charge in [-0.1, -0.05) is 18.2 Å². The zero-order valence-corrected chi connectivity index (χ0v) is 13.3. The lowest BCUT2D eigenvalue weighted by molar-refractivity contribution is 0.0602. The third-order valence-corrected chi connectivity index (χ3v) is 5.68. The molecule has 1 aromatic carbocycles. The van der Waals surface area contributed by atoms with E-state index in [2.05, 4.69) is 10.0 Å². The van der Waals surface area contributed by atoms with Crippen LogP contribution in [0.4, 0.5) is 0 Å². The summed E-state index contributed by atoms with van der Waals surface area (Å²) in [5.74, 6) is -0.648. The maximum atomic E-state index is 12.5. The Kier molecular flexibility index (Phi) is 4.94. The highest BCUT2D eigenvalue weighted by atomic mass is 32.2. The fourth-order valence-electron chi connectivity index (χ4n) is 1.90. The van der Waals surface area contributed by atoms with Gasteiger partial charge in [-0.05, 0) is 13.1 Å². The molecule has 0 aliphatic carbocycles. The Morgan fingerprint density at radius 3 is 2.67 bits per heavy atom. The second-order valence-corrected chi connectivity index (χ2v) is 7.01. The van der Waals surface area contributed by atoms with Crippen LogP contribution in [0.25, 0.3) is 10.1 Å². The van der Waals surface area contributed by atoms with Crippen LogP contribution in [0.1, 0.15) is 9.67 Å². The molecule has 0 unspecified atom stereocenters. The van der Waals surface area contributed by atoms with E-state index in [1.54, 1.807) is 31.3 Å². The minimum Gasteiger partial charge on any atom is -0.465 e. The Hall–Kier alpha value is -1.48. The van der Waals surface area contributed by atoms with Crippen molar-refractivity contribution in [3.05, 3.63) is 29.1 Å². The van der Waals surface area contributed by atoms with Crippen molar-refractivity contribution in [3.8, 4) is 0 Å². The molecule has 0 aliphatic heterocycles. The van der Waals surface area contributed by atoms with E-state index in [0.717, 1.165) is 16.0 Å². The van der Waals surface area contributed by atoms with Crippen molar-refractivity contribution in [2.75, 3.05) is 27.2 Å². The third-order valence-electron chi connectivity index (χ3n) is 2.86. The third kappa shape index (κ3) is 3.24. The highest BCUT2D eigenvalue weighted by molar-refractivity contribution is 7.90. The van der Waals surface area contributed by atoms with Crippen LogP contribution in [-0.2, 0) is 14.8 Å². The molecule has 0 radical (unpaired) electrons. The number of carbonyl (C=O) groups excluding carboxylic acids is 1. The number of methoxy groups -OCH3 is 1. The average molecular weight is 328 g/mol. The molecule has 0 fully saturated rings. The van der Waals surface area contributed by atoms with Gasteiger partial charge in [0.2, 0.25) is 10.0 Å². The molecule has 1 aromatic heterocycles. The van der Waals surface area contributed by atoms with Gasteiger partial charge in [0.05, 0.1) is 7.11 Å². The van der Waals surface area contributed by atoms with E-state index in [4.69, 9.17) is 4.74 Å². The van der Waals surface area contributed by atoms with Gasteiger partial charge in [0.1, 0.15) is 9.77 Å². The summed E-state index contributed by atoms with van der Waals surface area (Å²) in [6.07, 6.45) is 0. The Balaban J connectivity index is 2.57. The molecule has 0 saturated carbocycles. The Morgan fingerprint density at radius 1 is 1.29 bits per heavy atom. The second-order valence-electron chi connectivity index (χ2n) is 4.25. The van der Waals surface area contributed by atoms with Crippen molar-refractivity contribution in [1.29, 1.82) is 0 Å². The fourth-order valence-corrected chi connectivity index (χ4v) is 4.74. The van der Waals surface area contributed by atoms with Crippen LogP contribution >= 0.6 is 11.3 Å². The fraction of sp³-hybridized carbons (Fsp3) is 0.308. The van der Waals surface area contributed by atoms with Gasteiger partial charge >= 0.3 is 5.97 Å². The van der Waals surface area contributed by atoms with Crippen LogP contribution in [0, 0.1) is 0 Å². The zero-order valence-electron chi connectivity index (χ0n) is 11.7. The second kappa shape index (κ2) is 6.52. The van der Waals surface area contributed by atoms with Crippen molar-refractivity contribution in [2.45, 2.75) is 4.90 Å². The molecular weight excluding hydrogens is 312 g/mol. The van der Waals surface area contributed by atoms with E-state index < -0.39 is 16.0 Å². The van der Waals surface area contributed by atoms with Gasteiger partial charge < -0.3 is 10.1 Å². The summed E-state index contributed by atoms with van der Waals surface area (Å²) in [6, 6.07) is 7.00. The summed E-state index contributed by atoms with van der Waals surface area (Å²) >= 11 is 1.11. The van der Waals surface area contributed by atoms with Crippen LogP contribution < -0.4 is 10.0 Å². The number of benzene rings is 1. The number of carbonyl (C=O) groups is 1. The number of esters is 1. The van der Waals surface area contributed by atoms with Gasteiger partial charge in [-0.3, -0.25) is 0 Å². The van der Waals surface area contributed by atoms with Gasteiger partial charge in [0.25, 0.3) is 0 Å². The molecule has 0 saturated heterocycles. The molecule has 1 heterocycles. The summed E-state index contributed by atoms with van der Waals surface area (Å²) in [5, 5.41) is 3.38. The zero-order chi connectivity index (χ0) is 15.5. The van der Waals surface area contributed by atoms with Gasteiger partial charge in [0, 0.05) is 23.2 Å². The lowest BCUT2D eigenvalue weighted by atomic mass is 10.2. The number of hydrogen-bond acceptors (Lipinski definition) is 6. The number of thiophene rings is 1. The first-order valence-electron chi connectivity index (χ1n) is 6.25. The summed E-state index contributed by atoms with van der Waals surface area (Å²) in [7, 11) is -0.818. The Labute approximate surface area is 127 Å². The van der Waals surface area contributed by atoms with Crippen LogP contribution in [0.2, 0.25) is 0 Å². The quantitative estimate of drug-likeness (QED) is 0.614. The molecular formula is C13H16N2O4S2. The minimum absolute atomic E-state index is 0.00828. The summed E-state index contributed by atoms with van der Waals surface area (Å²) in [4.78, 5) is 11.9. The number of rotatable bonds is 6. The van der Waals surface area contributed by atoms with Crippen molar-refractivity contribution < 1.29 is 17.9 Å². The van der Waals surface area contributed by atoms with E-state index in [-0.39, 0.29) is 16.3 Å². The van der Waals surface area contributed by atoms with Crippen molar-refractivity contribution in [3.63, 3.8) is 0 Å². The van der Waals surface area contributed by atoms with Crippen LogP contribution in [-0.4, -0.2) is 41.6 Å². The molecule has 2 N–H and O–H groups in total. The average Bonchev–Trinajstić information content (AvgIpc) is 2.86. The van der Waals surface area contributed by atoms with Gasteiger partial charge in [0.15, 0.2) is 0 Å². The van der Waals surface area contributed by atoms with Crippen LogP contribution in [0.15, 0.2) is 29.2 Å². The molecule has 8 heteroatoms. The lowest BCUT2D eigenvalue weighted by Gasteiger charge is -2.07. The summed E-state index contributed by atoms with van der Waals surface area (Å²) in [6.45, 7) is 0.735. The Bertz CT molecular complexity index is 753. The molecule has 0 atom stereocenters. The van der Waals surface area contributed by atoms with Crippen molar-refractivity contribution in [1.82, 2.24) is 10.0 Å². The largest absolute Gasteiger partial charge is 0.465 e. The molecule has 0 amide bonds. The molecule has 0 spiro atoms. The van der Waals surface area contributed by atoms with Gasteiger partial charge in [-0.2, -0.15) is 0 Å². The van der Waals surface area contributed by atoms with Crippen LogP contribution in [0.3, 0.4) is 0 Å². The maximum absolute atomic E-state index is 12.5. The topological polar surface area (TPSA) is 84.5 Å². The number of fused-ring (bicyclic) bond motifs is 1. The van der Waals surface area contributed by atoms with E-state index in [1.165, 1.54) is 7.11 Å². The first kappa shape index (κ1) is 15.9. The predicted octanol–water partition coefficient (Wildman–Crippen LogP) is 1.19. The minimum atomic E-state index is -3.78. The van der Waals surface area contributed by atoms with Crippen molar-refractivity contribution in [2.24, 2.45) is 0 Å². The normalized spacial score (nSPS) is 11.7. The van der Waals surface area contributed by atoms with Gasteiger partial charge in [-0.15, -0.1) is 11.3 Å². The molecule has 114 valence electrons. The molecule has 0 bridgehead atoms. The first-order valence-corrected chi connectivity index (χ1v) is 8.55.